The fourth-order valence-electron chi connectivity index (χ4n) is 6.21. The Bertz CT molecular complexity index is 639. The zero-order valence-corrected chi connectivity index (χ0v) is 17.5. The molecular weight excluding hydrogens is 351 g/mol. The lowest BCUT2D eigenvalue weighted by atomic mass is 9.63. The number of hydrogen-bond donors (Lipinski definition) is 1. The summed E-state index contributed by atoms with van der Waals surface area (Å²) in [6.07, 6.45) is 11.5. The Morgan fingerprint density at radius 2 is 1.54 bits per heavy atom. The van der Waals surface area contributed by atoms with Crippen molar-refractivity contribution >= 4 is 0 Å². The second-order valence-corrected chi connectivity index (χ2v) is 9.55. The minimum atomic E-state index is -0.808. The van der Waals surface area contributed by atoms with E-state index < -0.39 is 5.60 Å². The minimum absolute atomic E-state index is 0.193. The molecule has 28 heavy (non-hydrogen) atoms. The molecule has 1 N–H and O–H groups in total. The van der Waals surface area contributed by atoms with E-state index in [0.717, 1.165) is 44.6 Å². The van der Waals surface area contributed by atoms with E-state index in [4.69, 9.17) is 0 Å². The van der Waals surface area contributed by atoms with E-state index in [9.17, 15) is 9.50 Å². The normalized spacial score (nSPS) is 35.8. The second-order valence-electron chi connectivity index (χ2n) is 9.55. The molecule has 3 aliphatic rings. The average Bonchev–Trinajstić information content (AvgIpc) is 2.73. The number of nitrogens with zero attached hydrogens (tertiary/aromatic N) is 2. The summed E-state index contributed by atoms with van der Waals surface area (Å²) in [5.74, 6) is -0.203. The number of benzene rings is 1. The summed E-state index contributed by atoms with van der Waals surface area (Å²) >= 11 is 0. The summed E-state index contributed by atoms with van der Waals surface area (Å²) in [6.45, 7) is 6.71. The molecule has 0 amide bonds. The Balaban J connectivity index is 1.69. The Morgan fingerprint density at radius 3 is 2.18 bits per heavy atom. The third kappa shape index (κ3) is 3.76. The maximum atomic E-state index is 13.5. The van der Waals surface area contributed by atoms with Gasteiger partial charge in [0, 0.05) is 18.0 Å². The number of rotatable bonds is 4. The Hall–Kier alpha value is -0.970. The molecule has 2 saturated heterocycles. The van der Waals surface area contributed by atoms with Gasteiger partial charge in [-0.15, -0.1) is 0 Å². The van der Waals surface area contributed by atoms with Gasteiger partial charge in [-0.05, 0) is 95.7 Å². The first-order valence-corrected chi connectivity index (χ1v) is 11.5. The van der Waals surface area contributed by atoms with Crippen molar-refractivity contribution in [3.05, 3.63) is 35.6 Å². The van der Waals surface area contributed by atoms with E-state index in [1.807, 2.05) is 12.1 Å². The molecule has 1 saturated carbocycles. The minimum Gasteiger partial charge on any atom is -0.386 e. The van der Waals surface area contributed by atoms with Crippen LogP contribution in [0.3, 0.4) is 0 Å². The van der Waals surface area contributed by atoms with Crippen LogP contribution in [0.5, 0.6) is 0 Å². The first-order valence-electron chi connectivity index (χ1n) is 11.5. The molecule has 1 aliphatic carbocycles. The SMILES string of the molecule is CC1(N2CCCCC2)CCCC(N2CCCCC2)C1(O)Cc1ccc(F)cc1. The number of likely N-dealkylation sites (tertiary alicyclic amines) is 2. The van der Waals surface area contributed by atoms with Gasteiger partial charge in [-0.3, -0.25) is 9.80 Å². The zero-order valence-electron chi connectivity index (χ0n) is 17.5. The van der Waals surface area contributed by atoms with Crippen LogP contribution in [0.2, 0.25) is 0 Å². The molecule has 3 atom stereocenters. The monoisotopic (exact) mass is 388 g/mol. The molecule has 3 nitrogen and oxygen atoms in total. The van der Waals surface area contributed by atoms with Crippen LogP contribution in [-0.4, -0.2) is 58.3 Å². The number of hydrogen-bond acceptors (Lipinski definition) is 3. The predicted octanol–water partition coefficient (Wildman–Crippen LogP) is 4.38. The summed E-state index contributed by atoms with van der Waals surface area (Å²) in [4.78, 5) is 5.17. The van der Waals surface area contributed by atoms with Crippen molar-refractivity contribution in [1.82, 2.24) is 9.80 Å². The van der Waals surface area contributed by atoms with Gasteiger partial charge in [-0.1, -0.05) is 25.0 Å². The lowest BCUT2D eigenvalue weighted by Crippen LogP contribution is -2.73. The fourth-order valence-corrected chi connectivity index (χ4v) is 6.21. The molecule has 3 unspecified atom stereocenters. The molecule has 0 spiro atoms. The van der Waals surface area contributed by atoms with Gasteiger partial charge in [0.2, 0.25) is 0 Å². The van der Waals surface area contributed by atoms with E-state index >= 15 is 0 Å². The molecule has 0 bridgehead atoms. The van der Waals surface area contributed by atoms with Crippen LogP contribution in [0, 0.1) is 5.82 Å². The Kier molecular flexibility index (Phi) is 6.10. The van der Waals surface area contributed by atoms with E-state index in [1.165, 1.54) is 57.1 Å². The first-order chi connectivity index (χ1) is 13.5. The van der Waals surface area contributed by atoms with Crippen molar-refractivity contribution in [3.63, 3.8) is 0 Å². The van der Waals surface area contributed by atoms with Crippen LogP contribution in [-0.2, 0) is 6.42 Å². The molecule has 3 fully saturated rings. The lowest BCUT2D eigenvalue weighted by Gasteiger charge is -2.61. The van der Waals surface area contributed by atoms with E-state index in [-0.39, 0.29) is 17.4 Å². The average molecular weight is 389 g/mol. The largest absolute Gasteiger partial charge is 0.386 e. The summed E-state index contributed by atoms with van der Waals surface area (Å²) in [5, 5.41) is 12.5. The number of piperidine rings is 2. The maximum Gasteiger partial charge on any atom is 0.123 e. The van der Waals surface area contributed by atoms with Crippen LogP contribution in [0.15, 0.2) is 24.3 Å². The summed E-state index contributed by atoms with van der Waals surface area (Å²) in [7, 11) is 0. The van der Waals surface area contributed by atoms with Gasteiger partial charge in [0.1, 0.15) is 11.4 Å². The third-order valence-electron chi connectivity index (χ3n) is 7.90. The molecule has 156 valence electrons. The van der Waals surface area contributed by atoms with Gasteiger partial charge >= 0.3 is 0 Å². The van der Waals surface area contributed by atoms with Crippen molar-refractivity contribution in [3.8, 4) is 0 Å². The second kappa shape index (κ2) is 8.41. The standard InChI is InChI=1S/C24H37FN2O/c1-23(27-17-6-3-7-18-27)14-8-9-22(26-15-4-2-5-16-26)24(23,28)19-20-10-12-21(25)13-11-20/h10-13,22,28H,2-9,14-19H2,1H3. The lowest BCUT2D eigenvalue weighted by molar-refractivity contribution is -0.177. The highest BCUT2D eigenvalue weighted by molar-refractivity contribution is 5.24. The highest BCUT2D eigenvalue weighted by atomic mass is 19.1. The van der Waals surface area contributed by atoms with Gasteiger partial charge < -0.3 is 5.11 Å². The van der Waals surface area contributed by atoms with Crippen LogP contribution < -0.4 is 0 Å². The fraction of sp³-hybridized carbons (Fsp3) is 0.750. The Morgan fingerprint density at radius 1 is 0.929 bits per heavy atom. The topological polar surface area (TPSA) is 26.7 Å². The van der Waals surface area contributed by atoms with Gasteiger partial charge in [0.05, 0.1) is 0 Å². The molecule has 2 aliphatic heterocycles. The first kappa shape index (κ1) is 20.3. The van der Waals surface area contributed by atoms with Crippen LogP contribution >= 0.6 is 0 Å². The number of halogens is 1. The van der Waals surface area contributed by atoms with Gasteiger partial charge in [-0.2, -0.15) is 0 Å². The zero-order chi connectivity index (χ0) is 19.6. The molecule has 4 heteroatoms. The number of aliphatic hydroxyl groups is 1. The van der Waals surface area contributed by atoms with E-state index in [2.05, 4.69) is 16.7 Å². The van der Waals surface area contributed by atoms with Crippen molar-refractivity contribution in [2.75, 3.05) is 26.2 Å². The highest BCUT2D eigenvalue weighted by Gasteiger charge is 2.58. The molecule has 4 rings (SSSR count). The van der Waals surface area contributed by atoms with Crippen LogP contribution in [0.25, 0.3) is 0 Å². The molecule has 1 aromatic rings. The summed E-state index contributed by atoms with van der Waals surface area (Å²) < 4.78 is 13.5. The van der Waals surface area contributed by atoms with E-state index in [1.54, 1.807) is 0 Å². The van der Waals surface area contributed by atoms with Gasteiger partial charge in [0.15, 0.2) is 0 Å². The Labute approximate surface area is 169 Å². The molecule has 2 heterocycles. The smallest absolute Gasteiger partial charge is 0.123 e. The van der Waals surface area contributed by atoms with Crippen molar-refractivity contribution in [2.45, 2.75) is 88.3 Å². The summed E-state index contributed by atoms with van der Waals surface area (Å²) in [6, 6.07) is 7.00. The van der Waals surface area contributed by atoms with Crippen molar-refractivity contribution in [2.24, 2.45) is 0 Å². The molecular formula is C24H37FN2O. The van der Waals surface area contributed by atoms with Crippen molar-refractivity contribution in [1.29, 1.82) is 0 Å². The van der Waals surface area contributed by atoms with Crippen LogP contribution in [0.1, 0.15) is 70.3 Å². The van der Waals surface area contributed by atoms with Crippen LogP contribution in [0.4, 0.5) is 4.39 Å². The summed E-state index contributed by atoms with van der Waals surface area (Å²) in [5.41, 5.74) is 0.0240. The van der Waals surface area contributed by atoms with E-state index in [0.29, 0.717) is 6.42 Å². The third-order valence-corrected chi connectivity index (χ3v) is 7.90. The molecule has 0 aromatic heterocycles. The quantitative estimate of drug-likeness (QED) is 0.829. The predicted molar refractivity (Wildman–Crippen MR) is 112 cm³/mol. The van der Waals surface area contributed by atoms with Crippen molar-refractivity contribution < 1.29 is 9.50 Å². The molecule has 0 radical (unpaired) electrons. The van der Waals surface area contributed by atoms with Gasteiger partial charge in [0.25, 0.3) is 0 Å². The highest BCUT2D eigenvalue weighted by Crippen LogP contribution is 2.46. The maximum absolute atomic E-state index is 13.5. The van der Waals surface area contributed by atoms with Gasteiger partial charge in [-0.25, -0.2) is 4.39 Å². The molecule has 1 aromatic carbocycles.